The van der Waals surface area contributed by atoms with E-state index in [0.29, 0.717) is 18.0 Å². The maximum absolute atomic E-state index is 13.6. The van der Waals surface area contributed by atoms with Crippen molar-refractivity contribution in [3.8, 4) is 5.75 Å². The van der Waals surface area contributed by atoms with Crippen LogP contribution in [0.1, 0.15) is 34.1 Å². The zero-order valence-electron chi connectivity index (χ0n) is 21.1. The molecule has 8 N–H and O–H groups in total. The molecule has 0 fully saturated rings. The van der Waals surface area contributed by atoms with Crippen LogP contribution in [0.2, 0.25) is 0 Å². The number of anilines is 4. The van der Waals surface area contributed by atoms with Gasteiger partial charge in [-0.2, -0.15) is 15.1 Å². The molecule has 0 aliphatic carbocycles. The van der Waals surface area contributed by atoms with Crippen molar-refractivity contribution in [2.45, 2.75) is 58.4 Å². The predicted molar refractivity (Wildman–Crippen MR) is 138 cm³/mol. The number of carbonyl (C=O) groups is 1. The van der Waals surface area contributed by atoms with Gasteiger partial charge < -0.3 is 36.5 Å². The Hall–Kier alpha value is -3.12. The van der Waals surface area contributed by atoms with E-state index in [9.17, 15) is 9.36 Å². The highest BCUT2D eigenvalue weighted by atomic mass is 31.2. The lowest BCUT2D eigenvalue weighted by molar-refractivity contribution is -0.149. The predicted octanol–water partition coefficient (Wildman–Crippen LogP) is 2.56. The number of methoxy groups -OCH3 is 1. The monoisotopic (exact) mass is 525 g/mol. The Morgan fingerprint density at radius 2 is 1.75 bits per heavy atom. The Kier molecular flexibility index (Phi) is 10.7. The summed E-state index contributed by atoms with van der Waals surface area (Å²) in [5, 5.41) is 5.75. The molecule has 4 unspecified atom stereocenters. The van der Waals surface area contributed by atoms with Gasteiger partial charge in [0.1, 0.15) is 17.5 Å². The first kappa shape index (κ1) is 29.1. The Morgan fingerprint density at radius 1 is 1.08 bits per heavy atom. The summed E-state index contributed by atoms with van der Waals surface area (Å²) in [6.07, 6.45) is -0.452. The normalized spacial score (nSPS) is 15.5. The molecule has 2 rings (SSSR count). The van der Waals surface area contributed by atoms with E-state index in [1.165, 1.54) is 14.0 Å². The van der Waals surface area contributed by atoms with Crippen molar-refractivity contribution in [1.29, 1.82) is 0 Å². The summed E-state index contributed by atoms with van der Waals surface area (Å²) in [5.74, 6) is 0.0569. The number of rotatable bonds is 14. The van der Waals surface area contributed by atoms with Gasteiger partial charge in [-0.25, -0.2) is 4.57 Å². The minimum Gasteiger partial charge on any atom is -0.462 e. The molecule has 0 aliphatic rings. The molecule has 4 atom stereocenters. The standard InChI is InChI=1S/C22H36N7O6P/c1-13(2)34-21(30)15(4)29-36(31,35-16-9-7-6-8-10-16)33-12-17(32-5)11-14(3)26-20-18(23)19(24)27-22(25)28-20/h6-10,13-15,17H,11-12,23H2,1-5H3,(H,29,31)(H5,24,25,26,27,28). The molecule has 0 saturated heterocycles. The van der Waals surface area contributed by atoms with Gasteiger partial charge in [0.25, 0.3) is 0 Å². The van der Waals surface area contributed by atoms with E-state index in [0.717, 1.165) is 0 Å². The lowest BCUT2D eigenvalue weighted by Gasteiger charge is -2.26. The molecule has 0 amide bonds. The minimum absolute atomic E-state index is 0.0155. The number of nitrogens with one attached hydrogen (secondary N) is 2. The summed E-state index contributed by atoms with van der Waals surface area (Å²) >= 11 is 0. The molecular formula is C22H36N7O6P. The smallest absolute Gasteiger partial charge is 0.459 e. The highest BCUT2D eigenvalue weighted by molar-refractivity contribution is 7.52. The quantitative estimate of drug-likeness (QED) is 0.178. The van der Waals surface area contributed by atoms with Gasteiger partial charge in [-0.15, -0.1) is 0 Å². The number of nitrogens with zero attached hydrogens (tertiary/aromatic N) is 2. The van der Waals surface area contributed by atoms with Crippen LogP contribution in [0.25, 0.3) is 0 Å². The third-order valence-corrected chi connectivity index (χ3v) is 6.43. The summed E-state index contributed by atoms with van der Waals surface area (Å²) in [7, 11) is -2.52. The van der Waals surface area contributed by atoms with Crippen LogP contribution in [-0.4, -0.2) is 53.9 Å². The van der Waals surface area contributed by atoms with Gasteiger partial charge in [0.05, 0.1) is 18.8 Å². The number of hydrogen-bond donors (Lipinski definition) is 5. The number of hydrogen-bond acceptors (Lipinski definition) is 12. The van der Waals surface area contributed by atoms with Crippen molar-refractivity contribution in [1.82, 2.24) is 15.1 Å². The molecule has 0 saturated carbocycles. The van der Waals surface area contributed by atoms with Crippen molar-refractivity contribution in [3.63, 3.8) is 0 Å². The van der Waals surface area contributed by atoms with E-state index in [2.05, 4.69) is 20.4 Å². The van der Waals surface area contributed by atoms with Gasteiger partial charge in [-0.05, 0) is 46.2 Å². The Morgan fingerprint density at radius 3 is 2.36 bits per heavy atom. The maximum Gasteiger partial charge on any atom is 0.459 e. The molecule has 0 aliphatic heterocycles. The SMILES string of the molecule is COC(COP(=O)(NC(C)C(=O)OC(C)C)Oc1ccccc1)CC(C)Nc1nc(N)nc(N)c1N. The molecule has 14 heteroatoms. The molecule has 2 aromatic rings. The van der Waals surface area contributed by atoms with Crippen molar-refractivity contribution in [2.75, 3.05) is 36.2 Å². The second kappa shape index (κ2) is 13.3. The maximum atomic E-state index is 13.6. The fourth-order valence-corrected chi connectivity index (χ4v) is 4.57. The molecule has 1 aromatic carbocycles. The molecule has 0 spiro atoms. The van der Waals surface area contributed by atoms with Crippen LogP contribution in [0.5, 0.6) is 5.75 Å². The second-order valence-corrected chi connectivity index (χ2v) is 10.1. The summed E-state index contributed by atoms with van der Waals surface area (Å²) in [6.45, 7) is 6.70. The van der Waals surface area contributed by atoms with Crippen molar-refractivity contribution in [2.24, 2.45) is 0 Å². The van der Waals surface area contributed by atoms with Gasteiger partial charge in [-0.3, -0.25) is 9.32 Å². The fourth-order valence-electron chi connectivity index (χ4n) is 3.05. The van der Waals surface area contributed by atoms with E-state index in [4.69, 9.17) is 35.7 Å². The Labute approximate surface area is 211 Å². The van der Waals surface area contributed by atoms with Crippen LogP contribution in [0, 0.1) is 0 Å². The molecule has 0 radical (unpaired) electrons. The van der Waals surface area contributed by atoms with Crippen LogP contribution >= 0.6 is 7.75 Å². The number of para-hydroxylation sites is 1. The number of nitrogens with two attached hydrogens (primary N) is 3. The van der Waals surface area contributed by atoms with E-state index < -0.39 is 25.9 Å². The van der Waals surface area contributed by atoms with Crippen LogP contribution in [-0.2, 0) is 23.4 Å². The zero-order chi connectivity index (χ0) is 26.9. The van der Waals surface area contributed by atoms with Crippen molar-refractivity contribution >= 4 is 37.0 Å². The van der Waals surface area contributed by atoms with E-state index in [1.54, 1.807) is 44.2 Å². The lowest BCUT2D eigenvalue weighted by atomic mass is 10.1. The second-order valence-electron chi connectivity index (χ2n) is 8.40. The average Bonchev–Trinajstić information content (AvgIpc) is 2.80. The molecule has 0 bridgehead atoms. The van der Waals surface area contributed by atoms with Gasteiger partial charge in [-0.1, -0.05) is 18.2 Å². The highest BCUT2D eigenvalue weighted by Gasteiger charge is 2.33. The number of esters is 1. The van der Waals surface area contributed by atoms with E-state index >= 15 is 0 Å². The third kappa shape index (κ3) is 9.15. The third-order valence-electron chi connectivity index (χ3n) is 4.78. The first-order valence-corrected chi connectivity index (χ1v) is 12.9. The lowest BCUT2D eigenvalue weighted by Crippen LogP contribution is -2.37. The molecular weight excluding hydrogens is 489 g/mol. The topological polar surface area (TPSA) is 199 Å². The van der Waals surface area contributed by atoms with Crippen LogP contribution in [0.3, 0.4) is 0 Å². The fraction of sp³-hybridized carbons (Fsp3) is 0.500. The Bertz CT molecular complexity index is 1040. The van der Waals surface area contributed by atoms with Crippen molar-refractivity contribution < 1.29 is 27.9 Å². The van der Waals surface area contributed by atoms with Crippen molar-refractivity contribution in [3.05, 3.63) is 30.3 Å². The van der Waals surface area contributed by atoms with Gasteiger partial charge in [0.15, 0.2) is 11.6 Å². The summed E-state index contributed by atoms with van der Waals surface area (Å²) < 4.78 is 35.6. The Balaban J connectivity index is 2.08. The summed E-state index contributed by atoms with van der Waals surface area (Å²) in [4.78, 5) is 20.2. The van der Waals surface area contributed by atoms with Crippen LogP contribution < -0.4 is 32.1 Å². The molecule has 1 aromatic heterocycles. The van der Waals surface area contributed by atoms with Gasteiger partial charge in [0, 0.05) is 13.2 Å². The number of aromatic nitrogens is 2. The van der Waals surface area contributed by atoms with Gasteiger partial charge in [0.2, 0.25) is 5.95 Å². The number of nitrogen functional groups attached to an aromatic ring is 3. The highest BCUT2D eigenvalue weighted by Crippen LogP contribution is 2.45. The summed E-state index contributed by atoms with van der Waals surface area (Å²) in [5.41, 5.74) is 17.5. The number of carbonyl (C=O) groups excluding carboxylic acids is 1. The van der Waals surface area contributed by atoms with Crippen LogP contribution in [0.4, 0.5) is 23.3 Å². The molecule has 1 heterocycles. The number of ether oxygens (including phenoxy) is 2. The van der Waals surface area contributed by atoms with E-state index in [1.807, 2.05) is 6.92 Å². The first-order valence-electron chi connectivity index (χ1n) is 11.4. The molecule has 13 nitrogen and oxygen atoms in total. The van der Waals surface area contributed by atoms with E-state index in [-0.39, 0.29) is 36.2 Å². The largest absolute Gasteiger partial charge is 0.462 e. The molecule has 200 valence electrons. The molecule has 36 heavy (non-hydrogen) atoms. The summed E-state index contributed by atoms with van der Waals surface area (Å²) in [6, 6.07) is 7.29. The van der Waals surface area contributed by atoms with Gasteiger partial charge >= 0.3 is 13.7 Å². The average molecular weight is 526 g/mol. The zero-order valence-corrected chi connectivity index (χ0v) is 22.0. The first-order chi connectivity index (χ1) is 16.9. The van der Waals surface area contributed by atoms with Crippen LogP contribution in [0.15, 0.2) is 30.3 Å². The number of benzene rings is 1. The minimum atomic E-state index is -4.02.